The highest BCUT2D eigenvalue weighted by atomic mass is 16.5. The Bertz CT molecular complexity index is 712. The molecule has 2 aromatic carbocycles. The number of para-hydroxylation sites is 2. The highest BCUT2D eigenvalue weighted by Gasteiger charge is 2.15. The Hall–Kier alpha value is -2.57. The lowest BCUT2D eigenvalue weighted by atomic mass is 10.2. The minimum Gasteiger partial charge on any atom is -0.497 e. The van der Waals surface area contributed by atoms with Gasteiger partial charge < -0.3 is 25.0 Å². The van der Waals surface area contributed by atoms with Crippen molar-refractivity contribution in [3.63, 3.8) is 0 Å². The minimum absolute atomic E-state index is 0.0563. The van der Waals surface area contributed by atoms with Crippen LogP contribution in [-0.4, -0.2) is 45.9 Å². The molecule has 0 atom stereocenters. The molecule has 2 N–H and O–H groups in total. The average Bonchev–Trinajstić information content (AvgIpc) is 2.69. The molecule has 0 aromatic heterocycles. The van der Waals surface area contributed by atoms with Crippen molar-refractivity contribution in [2.24, 2.45) is 0 Å². The first kappa shape index (κ1) is 18.2. The molecule has 1 saturated heterocycles. The van der Waals surface area contributed by atoms with E-state index in [0.29, 0.717) is 19.8 Å². The van der Waals surface area contributed by atoms with E-state index in [0.717, 1.165) is 35.8 Å². The van der Waals surface area contributed by atoms with E-state index in [-0.39, 0.29) is 12.5 Å². The molecule has 6 nitrogen and oxygen atoms in total. The van der Waals surface area contributed by atoms with Crippen LogP contribution in [0.1, 0.15) is 5.56 Å². The Morgan fingerprint density at radius 1 is 1.12 bits per heavy atom. The zero-order chi connectivity index (χ0) is 18.2. The Kier molecular flexibility index (Phi) is 6.46. The maximum atomic E-state index is 12.3. The summed E-state index contributed by atoms with van der Waals surface area (Å²) in [6.07, 6.45) is 0. The highest BCUT2D eigenvalue weighted by Crippen LogP contribution is 2.26. The van der Waals surface area contributed by atoms with E-state index in [1.165, 1.54) is 0 Å². The first-order valence-electron chi connectivity index (χ1n) is 8.81. The minimum atomic E-state index is -0.0563. The number of hydrogen-bond donors (Lipinski definition) is 2. The lowest BCUT2D eigenvalue weighted by Gasteiger charge is -2.30. The second-order valence-electron chi connectivity index (χ2n) is 6.12. The lowest BCUT2D eigenvalue weighted by molar-refractivity contribution is -0.115. The Morgan fingerprint density at radius 2 is 1.85 bits per heavy atom. The number of benzene rings is 2. The molecular weight excluding hydrogens is 330 g/mol. The van der Waals surface area contributed by atoms with Gasteiger partial charge in [-0.2, -0.15) is 0 Å². The molecule has 1 fully saturated rings. The number of methoxy groups -OCH3 is 1. The van der Waals surface area contributed by atoms with E-state index in [1.54, 1.807) is 7.11 Å². The van der Waals surface area contributed by atoms with Crippen LogP contribution < -0.4 is 20.3 Å². The number of rotatable bonds is 7. The maximum Gasteiger partial charge on any atom is 0.238 e. The molecule has 1 heterocycles. The topological polar surface area (TPSA) is 62.8 Å². The molecule has 2 aromatic rings. The van der Waals surface area contributed by atoms with E-state index < -0.39 is 0 Å². The summed E-state index contributed by atoms with van der Waals surface area (Å²) in [5.74, 6) is 0.769. The zero-order valence-corrected chi connectivity index (χ0v) is 15.0. The van der Waals surface area contributed by atoms with Crippen molar-refractivity contribution in [1.29, 1.82) is 0 Å². The van der Waals surface area contributed by atoms with E-state index in [9.17, 15) is 4.79 Å². The van der Waals surface area contributed by atoms with E-state index in [4.69, 9.17) is 9.47 Å². The maximum absolute atomic E-state index is 12.3. The van der Waals surface area contributed by atoms with Gasteiger partial charge >= 0.3 is 0 Å². The number of nitrogens with one attached hydrogen (secondary N) is 2. The summed E-state index contributed by atoms with van der Waals surface area (Å²) in [7, 11) is 1.65. The summed E-state index contributed by atoms with van der Waals surface area (Å²) >= 11 is 0. The third kappa shape index (κ3) is 4.97. The van der Waals surface area contributed by atoms with Crippen molar-refractivity contribution in [1.82, 2.24) is 5.32 Å². The molecule has 0 aliphatic carbocycles. The van der Waals surface area contributed by atoms with Gasteiger partial charge in [-0.1, -0.05) is 24.3 Å². The number of nitrogens with zero attached hydrogens (tertiary/aromatic N) is 1. The molecule has 0 bridgehead atoms. The molecule has 0 radical (unpaired) electrons. The lowest BCUT2D eigenvalue weighted by Crippen LogP contribution is -2.37. The second kappa shape index (κ2) is 9.22. The quantitative estimate of drug-likeness (QED) is 0.798. The molecule has 138 valence electrons. The third-order valence-electron chi connectivity index (χ3n) is 4.30. The molecule has 1 amide bonds. The number of morpholine rings is 1. The monoisotopic (exact) mass is 355 g/mol. The Labute approximate surface area is 154 Å². The Balaban J connectivity index is 1.51. The van der Waals surface area contributed by atoms with Gasteiger partial charge in [0.2, 0.25) is 5.91 Å². The van der Waals surface area contributed by atoms with Crippen molar-refractivity contribution < 1.29 is 14.3 Å². The van der Waals surface area contributed by atoms with Gasteiger partial charge in [-0.25, -0.2) is 0 Å². The molecular formula is C20H25N3O3. The van der Waals surface area contributed by atoms with Gasteiger partial charge in [0.25, 0.3) is 0 Å². The third-order valence-corrected chi connectivity index (χ3v) is 4.30. The van der Waals surface area contributed by atoms with Crippen LogP contribution in [0.5, 0.6) is 5.75 Å². The van der Waals surface area contributed by atoms with Crippen LogP contribution in [-0.2, 0) is 16.1 Å². The first-order valence-corrected chi connectivity index (χ1v) is 8.81. The number of amides is 1. The fraction of sp³-hybridized carbons (Fsp3) is 0.350. The van der Waals surface area contributed by atoms with E-state index in [2.05, 4.69) is 15.5 Å². The molecule has 6 heteroatoms. The summed E-state index contributed by atoms with van der Waals surface area (Å²) in [5.41, 5.74) is 2.98. The van der Waals surface area contributed by atoms with Crippen LogP contribution in [0.25, 0.3) is 0 Å². The predicted molar refractivity (Wildman–Crippen MR) is 103 cm³/mol. The summed E-state index contributed by atoms with van der Waals surface area (Å²) in [5, 5.41) is 6.18. The Morgan fingerprint density at radius 3 is 2.58 bits per heavy atom. The summed E-state index contributed by atoms with van der Waals surface area (Å²) in [6.45, 7) is 3.98. The van der Waals surface area contributed by atoms with Crippen LogP contribution in [0.3, 0.4) is 0 Å². The van der Waals surface area contributed by atoms with Crippen LogP contribution >= 0.6 is 0 Å². The molecule has 0 unspecified atom stereocenters. The van der Waals surface area contributed by atoms with E-state index in [1.807, 2.05) is 48.5 Å². The number of anilines is 2. The molecule has 0 spiro atoms. The molecule has 3 rings (SSSR count). The van der Waals surface area contributed by atoms with Crippen molar-refractivity contribution in [3.05, 3.63) is 54.1 Å². The van der Waals surface area contributed by atoms with E-state index >= 15 is 0 Å². The van der Waals surface area contributed by atoms with Gasteiger partial charge in [0, 0.05) is 19.6 Å². The van der Waals surface area contributed by atoms with Crippen LogP contribution in [0.2, 0.25) is 0 Å². The standard InChI is InChI=1S/C20H25N3O3/c1-25-17-8-6-16(7-9-17)14-21-15-20(24)22-18-4-2-3-5-19(18)23-10-12-26-13-11-23/h2-9,21H,10-15H2,1H3,(H,22,24). The van der Waals surface area contributed by atoms with Gasteiger partial charge in [-0.3, -0.25) is 4.79 Å². The summed E-state index contributed by atoms with van der Waals surface area (Å²) in [6, 6.07) is 15.7. The summed E-state index contributed by atoms with van der Waals surface area (Å²) in [4.78, 5) is 14.5. The first-order chi connectivity index (χ1) is 12.8. The van der Waals surface area contributed by atoms with Crippen LogP contribution in [0.15, 0.2) is 48.5 Å². The van der Waals surface area contributed by atoms with Crippen molar-refractivity contribution in [2.75, 3.05) is 50.2 Å². The fourth-order valence-corrected chi connectivity index (χ4v) is 2.92. The number of carbonyl (C=O) groups is 1. The SMILES string of the molecule is COc1ccc(CNCC(=O)Nc2ccccc2N2CCOCC2)cc1. The van der Waals surface area contributed by atoms with Crippen molar-refractivity contribution in [3.8, 4) is 5.75 Å². The fourth-order valence-electron chi connectivity index (χ4n) is 2.92. The normalized spacial score (nSPS) is 14.1. The van der Waals surface area contributed by atoms with Crippen LogP contribution in [0, 0.1) is 0 Å². The largest absolute Gasteiger partial charge is 0.497 e. The molecule has 26 heavy (non-hydrogen) atoms. The molecule has 1 aliphatic rings. The number of hydrogen-bond acceptors (Lipinski definition) is 5. The van der Waals surface area contributed by atoms with Gasteiger partial charge in [-0.15, -0.1) is 0 Å². The zero-order valence-electron chi connectivity index (χ0n) is 15.0. The van der Waals surface area contributed by atoms with Crippen molar-refractivity contribution in [2.45, 2.75) is 6.54 Å². The van der Waals surface area contributed by atoms with Crippen LogP contribution in [0.4, 0.5) is 11.4 Å². The number of carbonyl (C=O) groups excluding carboxylic acids is 1. The average molecular weight is 355 g/mol. The predicted octanol–water partition coefficient (Wildman–Crippen LogP) is 2.26. The summed E-state index contributed by atoms with van der Waals surface area (Å²) < 4.78 is 10.5. The highest BCUT2D eigenvalue weighted by molar-refractivity contribution is 5.95. The number of ether oxygens (including phenoxy) is 2. The smallest absolute Gasteiger partial charge is 0.238 e. The van der Waals surface area contributed by atoms with Gasteiger partial charge in [0.1, 0.15) is 5.75 Å². The van der Waals surface area contributed by atoms with Gasteiger partial charge in [-0.05, 0) is 29.8 Å². The molecule has 0 saturated carbocycles. The molecule has 1 aliphatic heterocycles. The second-order valence-corrected chi connectivity index (χ2v) is 6.12. The van der Waals surface area contributed by atoms with Crippen molar-refractivity contribution >= 4 is 17.3 Å². The van der Waals surface area contributed by atoms with Gasteiger partial charge in [0.05, 0.1) is 38.2 Å². The van der Waals surface area contributed by atoms with Gasteiger partial charge in [0.15, 0.2) is 0 Å².